The number of alkyl halides is 3. The summed E-state index contributed by atoms with van der Waals surface area (Å²) in [6, 6.07) is 0.907. The van der Waals surface area contributed by atoms with Gasteiger partial charge in [0, 0.05) is 29.7 Å². The first-order valence-corrected chi connectivity index (χ1v) is 8.93. The Labute approximate surface area is 150 Å². The zero-order valence-corrected chi connectivity index (χ0v) is 15.8. The number of nitrogens with one attached hydrogen (secondary N) is 1. The van der Waals surface area contributed by atoms with Gasteiger partial charge >= 0.3 is 6.18 Å². The fourth-order valence-electron chi connectivity index (χ4n) is 2.47. The Morgan fingerprint density at radius 3 is 2.62 bits per heavy atom. The minimum Gasteiger partial charge on any atom is -0.373 e. The molecule has 0 bridgehead atoms. The Morgan fingerprint density at radius 2 is 2.08 bits per heavy atom. The molecule has 4 nitrogen and oxygen atoms in total. The topological polar surface area (TPSA) is 37.3 Å². The van der Waals surface area contributed by atoms with E-state index in [9.17, 15) is 18.0 Å². The molecule has 0 atom stereocenters. The maximum atomic E-state index is 13.2. The molecule has 1 aromatic rings. The van der Waals surface area contributed by atoms with Gasteiger partial charge in [-0.2, -0.15) is 13.2 Å². The van der Waals surface area contributed by atoms with Crippen molar-refractivity contribution in [1.82, 2.24) is 4.57 Å². The summed E-state index contributed by atoms with van der Waals surface area (Å²) in [5.41, 5.74) is -1.96. The first kappa shape index (κ1) is 19.0. The highest BCUT2D eigenvalue weighted by Crippen LogP contribution is 2.36. The Kier molecular flexibility index (Phi) is 5.74. The summed E-state index contributed by atoms with van der Waals surface area (Å²) in [5, 5.41) is 2.83. The quantitative estimate of drug-likeness (QED) is 0.789. The molecule has 0 radical (unpaired) electrons. The lowest BCUT2D eigenvalue weighted by molar-refractivity contribution is -0.138. The molecule has 0 aliphatic carbocycles. The number of pyridine rings is 1. The van der Waals surface area contributed by atoms with Crippen molar-refractivity contribution in [1.29, 1.82) is 0 Å². The van der Waals surface area contributed by atoms with Crippen molar-refractivity contribution in [3.8, 4) is 0 Å². The molecule has 0 saturated heterocycles. The Hall–Kier alpha value is -1.35. The second-order valence-corrected chi connectivity index (χ2v) is 7.40. The first-order valence-electron chi connectivity index (χ1n) is 7.15. The number of thioether (sulfide) groups is 1. The summed E-state index contributed by atoms with van der Waals surface area (Å²) in [7, 11) is 2.90. The molecule has 1 aromatic heterocycles. The molecule has 9 heteroatoms. The van der Waals surface area contributed by atoms with Crippen LogP contribution in [0.3, 0.4) is 0 Å². The molecule has 1 N–H and O–H groups in total. The van der Waals surface area contributed by atoms with Gasteiger partial charge in [0.05, 0.1) is 12.2 Å². The molecule has 2 rings (SSSR count). The van der Waals surface area contributed by atoms with E-state index in [4.69, 9.17) is 0 Å². The van der Waals surface area contributed by atoms with Gasteiger partial charge in [-0.3, -0.25) is 9.36 Å². The SMILES string of the molecule is CCSC1=CC(Br)=CN(c2cc(C(F)(F)F)c(=O)n(C)c2NC)C1. The fraction of sp³-hybridized carbons (Fsp3) is 0.400. The number of hydrogen-bond donors (Lipinski definition) is 1. The largest absolute Gasteiger partial charge is 0.421 e. The highest BCUT2D eigenvalue weighted by atomic mass is 79.9. The van der Waals surface area contributed by atoms with Gasteiger partial charge in [0.25, 0.3) is 5.56 Å². The number of halogens is 4. The molecular weight excluding hydrogens is 407 g/mol. The highest BCUT2D eigenvalue weighted by molar-refractivity contribution is 9.11. The van der Waals surface area contributed by atoms with E-state index in [0.717, 1.165) is 25.8 Å². The second-order valence-electron chi connectivity index (χ2n) is 5.09. The molecule has 132 valence electrons. The van der Waals surface area contributed by atoms with Crippen LogP contribution >= 0.6 is 27.7 Å². The number of anilines is 2. The van der Waals surface area contributed by atoms with Crippen molar-refractivity contribution in [2.24, 2.45) is 7.05 Å². The molecule has 24 heavy (non-hydrogen) atoms. The van der Waals surface area contributed by atoms with E-state index >= 15 is 0 Å². The summed E-state index contributed by atoms with van der Waals surface area (Å²) in [5.74, 6) is 1.19. The summed E-state index contributed by atoms with van der Waals surface area (Å²) in [4.78, 5) is 14.7. The maximum absolute atomic E-state index is 13.2. The van der Waals surface area contributed by atoms with Crippen LogP contribution in [0.15, 0.2) is 32.5 Å². The third kappa shape index (κ3) is 3.83. The summed E-state index contributed by atoms with van der Waals surface area (Å²) >= 11 is 5.01. The van der Waals surface area contributed by atoms with E-state index in [0.29, 0.717) is 18.1 Å². The molecule has 0 fully saturated rings. The van der Waals surface area contributed by atoms with Gasteiger partial charge in [-0.25, -0.2) is 0 Å². The van der Waals surface area contributed by atoms with Crippen molar-refractivity contribution in [2.45, 2.75) is 13.1 Å². The van der Waals surface area contributed by atoms with Crippen LogP contribution in [0.4, 0.5) is 24.7 Å². The second kappa shape index (κ2) is 7.26. The van der Waals surface area contributed by atoms with Crippen molar-refractivity contribution >= 4 is 39.2 Å². The third-order valence-corrected chi connectivity index (χ3v) is 4.82. The van der Waals surface area contributed by atoms with Crippen LogP contribution in [0.25, 0.3) is 0 Å². The number of aromatic nitrogens is 1. The van der Waals surface area contributed by atoms with E-state index in [-0.39, 0.29) is 0 Å². The molecule has 1 aliphatic rings. The monoisotopic (exact) mass is 423 g/mol. The number of rotatable bonds is 4. The van der Waals surface area contributed by atoms with Crippen molar-refractivity contribution in [3.63, 3.8) is 0 Å². The zero-order chi connectivity index (χ0) is 18.1. The van der Waals surface area contributed by atoms with Crippen LogP contribution in [0, 0.1) is 0 Å². The van der Waals surface area contributed by atoms with Gasteiger partial charge in [-0.15, -0.1) is 11.8 Å². The lowest BCUT2D eigenvalue weighted by Crippen LogP contribution is -2.32. The normalized spacial score (nSPS) is 15.2. The van der Waals surface area contributed by atoms with Gasteiger partial charge in [-0.05, 0) is 33.8 Å². The number of allylic oxidation sites excluding steroid dienone is 2. The van der Waals surface area contributed by atoms with E-state index in [2.05, 4.69) is 21.2 Å². The van der Waals surface area contributed by atoms with E-state index in [1.165, 1.54) is 7.05 Å². The predicted molar refractivity (Wildman–Crippen MR) is 96.8 cm³/mol. The molecule has 0 amide bonds. The van der Waals surface area contributed by atoms with Crippen molar-refractivity contribution in [2.75, 3.05) is 29.6 Å². The van der Waals surface area contributed by atoms with Gasteiger partial charge in [0.2, 0.25) is 0 Å². The smallest absolute Gasteiger partial charge is 0.373 e. The Balaban J connectivity index is 2.60. The fourth-order valence-corrected chi connectivity index (χ4v) is 3.95. The number of hydrogen-bond acceptors (Lipinski definition) is 4. The van der Waals surface area contributed by atoms with Gasteiger partial charge in [0.15, 0.2) is 0 Å². The molecular formula is C15H17BrF3N3OS. The van der Waals surface area contributed by atoms with Gasteiger partial charge in [-0.1, -0.05) is 6.92 Å². The molecule has 2 heterocycles. The predicted octanol–water partition coefficient (Wildman–Crippen LogP) is 4.14. The van der Waals surface area contributed by atoms with Crippen LogP contribution in [0.1, 0.15) is 12.5 Å². The van der Waals surface area contributed by atoms with Crippen LogP contribution in [0.5, 0.6) is 0 Å². The van der Waals surface area contributed by atoms with Crippen molar-refractivity contribution < 1.29 is 13.2 Å². The Bertz CT molecular complexity index is 756. The third-order valence-electron chi connectivity index (χ3n) is 3.48. The minimum absolute atomic E-state index is 0.297. The lowest BCUT2D eigenvalue weighted by atomic mass is 10.2. The average molecular weight is 424 g/mol. The highest BCUT2D eigenvalue weighted by Gasteiger charge is 2.36. The Morgan fingerprint density at radius 1 is 1.42 bits per heavy atom. The van der Waals surface area contributed by atoms with E-state index < -0.39 is 17.3 Å². The van der Waals surface area contributed by atoms with Crippen LogP contribution in [-0.2, 0) is 13.2 Å². The summed E-state index contributed by atoms with van der Waals surface area (Å²) < 4.78 is 41.3. The summed E-state index contributed by atoms with van der Waals surface area (Å²) in [6.07, 6.45) is -1.06. The molecule has 0 unspecified atom stereocenters. The van der Waals surface area contributed by atoms with Gasteiger partial charge in [0.1, 0.15) is 11.4 Å². The molecule has 0 spiro atoms. The maximum Gasteiger partial charge on any atom is 0.421 e. The average Bonchev–Trinajstić information content (AvgIpc) is 2.48. The van der Waals surface area contributed by atoms with Crippen LogP contribution in [-0.4, -0.2) is 23.9 Å². The molecule has 1 aliphatic heterocycles. The van der Waals surface area contributed by atoms with Crippen molar-refractivity contribution in [3.05, 3.63) is 43.6 Å². The van der Waals surface area contributed by atoms with E-state index in [1.807, 2.05) is 13.0 Å². The zero-order valence-electron chi connectivity index (χ0n) is 13.4. The molecule has 0 aromatic carbocycles. The lowest BCUT2D eigenvalue weighted by Gasteiger charge is -2.29. The molecule has 0 saturated carbocycles. The first-order chi connectivity index (χ1) is 11.2. The van der Waals surface area contributed by atoms with Gasteiger partial charge < -0.3 is 10.2 Å². The number of nitrogens with zero attached hydrogens (tertiary/aromatic N) is 2. The standard InChI is InChI=1S/C15H17BrF3N3OS/c1-4-24-10-5-9(16)7-22(8-10)12-6-11(15(17,18)19)14(23)21(3)13(12)20-2/h5-7,20H,4,8H2,1-3H3. The minimum atomic E-state index is -4.70. The van der Waals surface area contributed by atoms with E-state index in [1.54, 1.807) is 29.9 Å². The van der Waals surface area contributed by atoms with Crippen LogP contribution in [0.2, 0.25) is 0 Å². The van der Waals surface area contributed by atoms with Crippen LogP contribution < -0.4 is 15.8 Å². The summed E-state index contributed by atoms with van der Waals surface area (Å²) in [6.45, 7) is 2.45.